The molecule has 0 fully saturated rings. The molecule has 0 atom stereocenters. The Morgan fingerprint density at radius 1 is 0.597 bits per heavy atom. The number of amides is 2. The number of nitrogens with zero attached hydrogens (tertiary/aromatic N) is 9. The van der Waals surface area contributed by atoms with E-state index in [0.29, 0.717) is 46.1 Å². The van der Waals surface area contributed by atoms with Crippen LogP contribution in [0.25, 0.3) is 16.9 Å². The molecule has 0 aliphatic carbocycles. The third-order valence-corrected chi connectivity index (χ3v) is 8.83. The van der Waals surface area contributed by atoms with Crippen molar-refractivity contribution in [3.05, 3.63) is 85.8 Å². The van der Waals surface area contributed by atoms with Gasteiger partial charge in [-0.3, -0.25) is 22.8 Å². The van der Waals surface area contributed by atoms with E-state index in [1.165, 1.54) is 6.33 Å². The fourth-order valence-corrected chi connectivity index (χ4v) is 5.17. The van der Waals surface area contributed by atoms with Gasteiger partial charge in [-0.05, 0) is 74.4 Å². The molecule has 0 saturated heterocycles. The van der Waals surface area contributed by atoms with E-state index in [2.05, 4.69) is 40.5 Å². The summed E-state index contributed by atoms with van der Waals surface area (Å²) in [7, 11) is 0. The number of aryl methyl sites for hydroxylation is 4. The van der Waals surface area contributed by atoms with Gasteiger partial charge in [-0.25, -0.2) is 34.7 Å². The molecule has 0 aromatic carbocycles. The number of aromatic nitrogens is 9. The molecular formula is C43H75Cl2IN12O4. The summed E-state index contributed by atoms with van der Waals surface area (Å²) in [6.07, 6.45) is 4.67. The van der Waals surface area contributed by atoms with Crippen molar-refractivity contribution < 1.29 is 20.9 Å². The molecule has 2 amide bonds. The van der Waals surface area contributed by atoms with E-state index in [4.69, 9.17) is 34.0 Å². The van der Waals surface area contributed by atoms with Crippen LogP contribution in [0, 0.1) is 48.5 Å². The van der Waals surface area contributed by atoms with E-state index >= 15 is 0 Å². The van der Waals surface area contributed by atoms with Gasteiger partial charge in [0.25, 0.3) is 11.8 Å². The average Bonchev–Trinajstić information content (AvgIpc) is 4.00. The van der Waals surface area contributed by atoms with Crippen molar-refractivity contribution in [2.24, 2.45) is 5.73 Å². The molecule has 0 bridgehead atoms. The number of halogens is 3. The predicted molar refractivity (Wildman–Crippen MR) is 269 cm³/mol. The molecule has 62 heavy (non-hydrogen) atoms. The Hall–Kier alpha value is -4.46. The lowest BCUT2D eigenvalue weighted by atomic mass is 10.2. The molecule has 6 aromatic rings. The highest BCUT2D eigenvalue weighted by molar-refractivity contribution is 14.0. The number of hydrogen-bond acceptors (Lipinski definition) is 10. The number of carbonyl (C=O) groups is 3. The van der Waals surface area contributed by atoms with E-state index in [9.17, 15) is 14.4 Å². The standard InChI is InChI=1S/C12H16N4O.C11H13ClN4O.C9H8ClN3O2.C2H7N.4C2H6.CH4.HI.H2/c1-5-13-12(17)10-11-15-8(3)7(2)9(4)16(11)6-14-10;1-4-13-11(17)8-10-15-9(12)6(2)7(3)16(10)5-14-8;1-4-5(2)13-3-11-6(9(14)15)8(13)12-7(4)10;1-2-3;4*1-2;;;/h6H,5H2,1-4H3,(H,13,17);5H,4H2,1-3H3,(H,13,17);3H,1-2H3,(H,14,15);2-3H2,1H3;4*1-2H3;1H4;2*1H. The van der Waals surface area contributed by atoms with Crippen molar-refractivity contribution in [1.82, 2.24) is 53.7 Å². The summed E-state index contributed by atoms with van der Waals surface area (Å²) in [5.41, 5.74) is 13.4. The lowest BCUT2D eigenvalue weighted by Gasteiger charge is -2.07. The van der Waals surface area contributed by atoms with Crippen molar-refractivity contribution in [1.29, 1.82) is 0 Å². The molecule has 0 saturated carbocycles. The first kappa shape index (κ1) is 64.2. The maximum atomic E-state index is 11.8. The van der Waals surface area contributed by atoms with Gasteiger partial charge in [-0.1, -0.05) is 92.9 Å². The molecule has 16 nitrogen and oxygen atoms in total. The molecule has 6 rings (SSSR count). The maximum Gasteiger partial charge on any atom is 0.358 e. The van der Waals surface area contributed by atoms with Gasteiger partial charge in [0, 0.05) is 48.4 Å². The van der Waals surface area contributed by atoms with Crippen LogP contribution in [-0.4, -0.2) is 85.6 Å². The van der Waals surface area contributed by atoms with Crippen LogP contribution in [0.5, 0.6) is 0 Å². The van der Waals surface area contributed by atoms with Crippen molar-refractivity contribution in [2.75, 3.05) is 19.6 Å². The van der Waals surface area contributed by atoms with Gasteiger partial charge < -0.3 is 21.5 Å². The first-order valence-corrected chi connectivity index (χ1v) is 21.1. The van der Waals surface area contributed by atoms with Crippen LogP contribution in [-0.2, 0) is 0 Å². The number of hydrogen-bond donors (Lipinski definition) is 4. The van der Waals surface area contributed by atoms with Crippen LogP contribution in [0.1, 0.15) is 156 Å². The highest BCUT2D eigenvalue weighted by atomic mass is 127. The van der Waals surface area contributed by atoms with Crippen LogP contribution in [0.3, 0.4) is 0 Å². The zero-order valence-electron chi connectivity index (χ0n) is 39.3. The predicted octanol–water partition coefficient (Wildman–Crippen LogP) is 10.4. The number of rotatable bonds is 5. The van der Waals surface area contributed by atoms with Gasteiger partial charge in [-0.15, -0.1) is 24.0 Å². The molecule has 0 aliphatic heterocycles. The third kappa shape index (κ3) is 16.3. The van der Waals surface area contributed by atoms with Crippen molar-refractivity contribution in [3.63, 3.8) is 0 Å². The Labute approximate surface area is 397 Å². The van der Waals surface area contributed by atoms with Crippen molar-refractivity contribution in [3.8, 4) is 0 Å². The van der Waals surface area contributed by atoms with Crippen LogP contribution in [0.15, 0.2) is 19.0 Å². The van der Waals surface area contributed by atoms with Gasteiger partial charge in [-0.2, -0.15) is 0 Å². The number of fused-ring (bicyclic) bond motifs is 3. The number of carbonyl (C=O) groups excluding carboxylic acids is 2. The Kier molecular flexibility index (Phi) is 34.3. The van der Waals surface area contributed by atoms with E-state index in [-0.39, 0.29) is 56.0 Å². The van der Waals surface area contributed by atoms with Crippen molar-refractivity contribution in [2.45, 2.75) is 132 Å². The zero-order valence-corrected chi connectivity index (χ0v) is 43.1. The SMILES string of the molecule is C.CC.CC.CC.CC.CCN.CCNC(=O)c1ncn2c(C)c(C)c(C)nc12.CCNC(=O)c1ncn2c(C)c(C)c(Cl)nc12.Cc1c(Cl)nc2c(C(=O)O)ncn2c1C.I.[HH]. The molecular weight excluding hydrogens is 946 g/mol. The first-order chi connectivity index (χ1) is 28.5. The number of nitrogens with one attached hydrogen (secondary N) is 2. The van der Waals surface area contributed by atoms with E-state index in [1.54, 1.807) is 21.5 Å². The Balaban J connectivity index is -0.000000235. The minimum absolute atomic E-state index is 0. The molecule has 0 radical (unpaired) electrons. The van der Waals surface area contributed by atoms with Gasteiger partial charge in [0.2, 0.25) is 0 Å². The molecule has 6 aromatic heterocycles. The molecule has 5 N–H and O–H groups in total. The largest absolute Gasteiger partial charge is 0.476 e. The van der Waals surface area contributed by atoms with E-state index < -0.39 is 5.97 Å². The summed E-state index contributed by atoms with van der Waals surface area (Å²) in [5.74, 6) is -1.52. The molecule has 0 spiro atoms. The number of imidazole rings is 3. The lowest BCUT2D eigenvalue weighted by molar-refractivity contribution is 0.0692. The van der Waals surface area contributed by atoms with E-state index in [1.807, 2.05) is 129 Å². The number of carboxylic acid groups (broad SMARTS) is 1. The summed E-state index contributed by atoms with van der Waals surface area (Å²) in [6, 6.07) is 0. The normalized spacial score (nSPS) is 9.24. The number of carboxylic acids is 1. The maximum absolute atomic E-state index is 11.8. The Bertz CT molecular complexity index is 2170. The van der Waals surface area contributed by atoms with Gasteiger partial charge in [0.15, 0.2) is 34.0 Å². The second kappa shape index (κ2) is 33.1. The monoisotopic (exact) mass is 1020 g/mol. The van der Waals surface area contributed by atoms with Crippen LogP contribution < -0.4 is 16.4 Å². The third-order valence-electron chi connectivity index (χ3n) is 8.09. The van der Waals surface area contributed by atoms with Gasteiger partial charge >= 0.3 is 5.97 Å². The molecule has 0 aliphatic rings. The number of nitrogens with two attached hydrogens (primary N) is 1. The Morgan fingerprint density at radius 2 is 0.871 bits per heavy atom. The second-order valence-electron chi connectivity index (χ2n) is 11.4. The highest BCUT2D eigenvalue weighted by Crippen LogP contribution is 2.21. The first-order valence-electron chi connectivity index (χ1n) is 20.4. The van der Waals surface area contributed by atoms with E-state index in [0.717, 1.165) is 46.0 Å². The van der Waals surface area contributed by atoms with Crippen LogP contribution in [0.4, 0.5) is 0 Å². The summed E-state index contributed by atoms with van der Waals surface area (Å²) in [5, 5.41) is 15.0. The summed E-state index contributed by atoms with van der Waals surface area (Å²) >= 11 is 11.9. The zero-order chi connectivity index (χ0) is 47.0. The second-order valence-corrected chi connectivity index (χ2v) is 12.1. The number of aromatic carboxylic acids is 1. The van der Waals surface area contributed by atoms with Crippen molar-refractivity contribution >= 4 is 81.9 Å². The fourth-order valence-electron chi connectivity index (χ4n) is 4.74. The van der Waals surface area contributed by atoms with Crippen LogP contribution >= 0.6 is 47.2 Å². The topological polar surface area (TPSA) is 212 Å². The molecule has 0 unspecified atom stereocenters. The minimum Gasteiger partial charge on any atom is -0.476 e. The molecule has 352 valence electrons. The summed E-state index contributed by atoms with van der Waals surface area (Å²) in [6.45, 7) is 36.9. The minimum atomic E-state index is -1.11. The highest BCUT2D eigenvalue weighted by Gasteiger charge is 2.19. The summed E-state index contributed by atoms with van der Waals surface area (Å²) < 4.78 is 5.24. The Morgan fingerprint density at radius 3 is 1.18 bits per heavy atom. The smallest absolute Gasteiger partial charge is 0.358 e. The fraction of sp³-hybridized carbons (Fsp3) is 0.512. The van der Waals surface area contributed by atoms with Crippen LogP contribution in [0.2, 0.25) is 10.3 Å². The molecule has 19 heteroatoms. The lowest BCUT2D eigenvalue weighted by Crippen LogP contribution is -2.23. The average molecular weight is 1020 g/mol. The summed E-state index contributed by atoms with van der Waals surface area (Å²) in [4.78, 5) is 59.0. The van der Waals surface area contributed by atoms with Gasteiger partial charge in [0.05, 0.1) is 0 Å². The molecule has 6 heterocycles. The quantitative estimate of drug-likeness (QED) is 0.0942. The van der Waals surface area contributed by atoms with Gasteiger partial charge in [0.1, 0.15) is 29.3 Å².